The van der Waals surface area contributed by atoms with Crippen LogP contribution in [0.25, 0.3) is 11.1 Å². The van der Waals surface area contributed by atoms with Crippen LogP contribution in [-0.4, -0.2) is 0 Å². The normalized spacial score (nSPS) is 12.4. The summed E-state index contributed by atoms with van der Waals surface area (Å²) >= 11 is -0.358. The van der Waals surface area contributed by atoms with Gasteiger partial charge >= 0.3 is 167 Å². The molecule has 0 aliphatic heterocycles. The van der Waals surface area contributed by atoms with Gasteiger partial charge in [-0.05, 0) is 0 Å². The minimum absolute atomic E-state index is 0.358. The molecule has 0 aromatic heterocycles. The van der Waals surface area contributed by atoms with Gasteiger partial charge in [-0.3, -0.25) is 0 Å². The van der Waals surface area contributed by atoms with Gasteiger partial charge in [0, 0.05) is 0 Å². The number of hydrogen-bond acceptors (Lipinski definition) is 0. The van der Waals surface area contributed by atoms with E-state index in [0.717, 1.165) is 6.42 Å². The van der Waals surface area contributed by atoms with Gasteiger partial charge in [0.1, 0.15) is 0 Å². The van der Waals surface area contributed by atoms with Crippen LogP contribution < -0.4 is 7.74 Å². The first-order valence-corrected chi connectivity index (χ1v) is 11.2. The van der Waals surface area contributed by atoms with Crippen molar-refractivity contribution < 1.29 is 19.2 Å². The van der Waals surface area contributed by atoms with E-state index in [1.807, 2.05) is 0 Å². The molecule has 0 spiro atoms. The fourth-order valence-electron chi connectivity index (χ4n) is 4.10. The topological polar surface area (TPSA) is 0 Å². The Bertz CT molecular complexity index is 924. The standard InChI is InChI=1S/C13H9.C12H17.Ti/c1-3-7-12-10(5-1)9-11-6-2-4-8-13(11)12;1-9(2)11-6-5-7-12(8-11)10(3)4;/h1-5,7-8H,9H2;5-7,9-10H,1-4H3;. The molecule has 3 aromatic rings. The van der Waals surface area contributed by atoms with Gasteiger partial charge in [-0.15, -0.1) is 0 Å². The average molecular weight is 374 g/mol. The van der Waals surface area contributed by atoms with E-state index in [1.54, 1.807) is 24.4 Å². The predicted octanol–water partition coefficient (Wildman–Crippen LogP) is 5.54. The molecule has 0 saturated carbocycles. The summed E-state index contributed by atoms with van der Waals surface area (Å²) in [4.78, 5) is 0. The van der Waals surface area contributed by atoms with E-state index in [-0.39, 0.29) is 19.2 Å². The maximum atomic E-state index is 2.39. The Kier molecular flexibility index (Phi) is 4.91. The Morgan fingerprint density at radius 2 is 1.31 bits per heavy atom. The molecule has 0 heterocycles. The minimum atomic E-state index is -0.358. The summed E-state index contributed by atoms with van der Waals surface area (Å²) in [5, 5.41) is 0. The molecule has 1 heteroatoms. The third-order valence-electron chi connectivity index (χ3n) is 5.48. The number of hydrogen-bond donors (Lipinski definition) is 0. The molecule has 130 valence electrons. The molecule has 0 nitrogen and oxygen atoms in total. The molecule has 0 bridgehead atoms. The molecule has 0 atom stereocenters. The third kappa shape index (κ3) is 3.11. The van der Waals surface area contributed by atoms with Crippen molar-refractivity contribution in [3.63, 3.8) is 0 Å². The van der Waals surface area contributed by atoms with Crippen molar-refractivity contribution in [1.29, 1.82) is 0 Å². The van der Waals surface area contributed by atoms with Gasteiger partial charge in [0.15, 0.2) is 0 Å². The third-order valence-corrected chi connectivity index (χ3v) is 7.93. The summed E-state index contributed by atoms with van der Waals surface area (Å²) in [6.07, 6.45) is 1.10. The fraction of sp³-hybridized carbons (Fsp3) is 0.280. The van der Waals surface area contributed by atoms with Gasteiger partial charge < -0.3 is 0 Å². The van der Waals surface area contributed by atoms with Crippen LogP contribution in [0.2, 0.25) is 0 Å². The van der Waals surface area contributed by atoms with Crippen molar-refractivity contribution >= 4 is 7.74 Å². The predicted molar refractivity (Wildman–Crippen MR) is 109 cm³/mol. The van der Waals surface area contributed by atoms with Crippen LogP contribution in [0, 0.1) is 0 Å². The summed E-state index contributed by atoms with van der Waals surface area (Å²) < 4.78 is 3.29. The quantitative estimate of drug-likeness (QED) is 0.412. The molecule has 0 saturated heterocycles. The van der Waals surface area contributed by atoms with E-state index < -0.39 is 0 Å². The van der Waals surface area contributed by atoms with Crippen LogP contribution >= 0.6 is 0 Å². The first kappa shape index (κ1) is 17.8. The second-order valence-electron chi connectivity index (χ2n) is 7.91. The van der Waals surface area contributed by atoms with E-state index in [2.05, 4.69) is 88.4 Å². The summed E-state index contributed by atoms with van der Waals surface area (Å²) in [5.74, 6) is 1.17. The van der Waals surface area contributed by atoms with Gasteiger partial charge in [0.2, 0.25) is 0 Å². The molecule has 4 rings (SSSR count). The van der Waals surface area contributed by atoms with Crippen molar-refractivity contribution in [3.8, 4) is 11.1 Å². The van der Waals surface area contributed by atoms with Crippen molar-refractivity contribution in [2.75, 3.05) is 0 Å². The Labute approximate surface area is 166 Å². The number of benzene rings is 3. The SMILES string of the molecule is CC(C)c1cccc(C(C)C)[c]1[Ti][c]1cccc2c1Cc1ccccc1-2. The van der Waals surface area contributed by atoms with Crippen molar-refractivity contribution in [2.24, 2.45) is 0 Å². The van der Waals surface area contributed by atoms with E-state index in [4.69, 9.17) is 0 Å². The number of fused-ring (bicyclic) bond motifs is 3. The van der Waals surface area contributed by atoms with Gasteiger partial charge in [0.25, 0.3) is 0 Å². The van der Waals surface area contributed by atoms with Crippen molar-refractivity contribution in [2.45, 2.75) is 46.0 Å². The van der Waals surface area contributed by atoms with E-state index >= 15 is 0 Å². The Balaban J connectivity index is 1.81. The first-order chi connectivity index (χ1) is 12.6. The van der Waals surface area contributed by atoms with Gasteiger partial charge in [-0.1, -0.05) is 0 Å². The van der Waals surface area contributed by atoms with Crippen LogP contribution in [0.1, 0.15) is 61.8 Å². The second-order valence-corrected chi connectivity index (χ2v) is 9.92. The molecular weight excluding hydrogens is 348 g/mol. The van der Waals surface area contributed by atoms with Crippen LogP contribution in [0.4, 0.5) is 0 Å². The zero-order valence-electron chi connectivity index (χ0n) is 16.1. The monoisotopic (exact) mass is 374 g/mol. The molecular formula is C25H26Ti. The van der Waals surface area contributed by atoms with Gasteiger partial charge in [0.05, 0.1) is 0 Å². The van der Waals surface area contributed by atoms with E-state index in [1.165, 1.54) is 16.7 Å². The van der Waals surface area contributed by atoms with Crippen molar-refractivity contribution in [1.82, 2.24) is 0 Å². The van der Waals surface area contributed by atoms with Crippen LogP contribution in [0.15, 0.2) is 60.7 Å². The Morgan fingerprint density at radius 3 is 2.00 bits per heavy atom. The van der Waals surface area contributed by atoms with Gasteiger partial charge in [-0.25, -0.2) is 0 Å². The first-order valence-electron chi connectivity index (χ1n) is 9.66. The molecule has 3 aromatic carbocycles. The zero-order chi connectivity index (χ0) is 18.3. The molecule has 1 aliphatic carbocycles. The molecule has 0 fully saturated rings. The summed E-state index contributed by atoms with van der Waals surface area (Å²) in [5.41, 5.74) is 9.10. The van der Waals surface area contributed by atoms with Crippen LogP contribution in [0.5, 0.6) is 0 Å². The molecule has 26 heavy (non-hydrogen) atoms. The summed E-state index contributed by atoms with van der Waals surface area (Å²) in [6, 6.07) is 22.9. The van der Waals surface area contributed by atoms with Crippen molar-refractivity contribution in [3.05, 3.63) is 82.9 Å². The summed E-state index contributed by atoms with van der Waals surface area (Å²) in [7, 11) is 0. The maximum absolute atomic E-state index is 2.39. The van der Waals surface area contributed by atoms with Crippen LogP contribution in [-0.2, 0) is 25.6 Å². The Morgan fingerprint density at radius 1 is 0.692 bits per heavy atom. The Hall–Kier alpha value is -1.63. The fourth-order valence-corrected chi connectivity index (χ4v) is 7.00. The zero-order valence-corrected chi connectivity index (χ0v) is 17.7. The van der Waals surface area contributed by atoms with E-state index in [0.29, 0.717) is 11.8 Å². The molecule has 0 N–H and O–H groups in total. The average Bonchev–Trinajstić information content (AvgIpc) is 3.01. The summed E-state index contributed by atoms with van der Waals surface area (Å²) in [6.45, 7) is 9.33. The second kappa shape index (κ2) is 7.18. The van der Waals surface area contributed by atoms with E-state index in [9.17, 15) is 0 Å². The molecule has 0 radical (unpaired) electrons. The molecule has 0 unspecified atom stereocenters. The number of rotatable bonds is 4. The molecule has 0 amide bonds. The van der Waals surface area contributed by atoms with Gasteiger partial charge in [-0.2, -0.15) is 0 Å². The van der Waals surface area contributed by atoms with Crippen LogP contribution in [0.3, 0.4) is 0 Å². The molecule has 1 aliphatic rings.